The zero-order valence-electron chi connectivity index (χ0n) is 6.44. The number of carbonyl (C=O) groups excluding carboxylic acids is 1. The van der Waals surface area contributed by atoms with Crippen LogP contribution in [0.5, 0.6) is 0 Å². The monoisotopic (exact) mass is 192 g/mol. The Morgan fingerprint density at radius 1 is 1.58 bits per heavy atom. The van der Waals surface area contributed by atoms with Gasteiger partial charge in [-0.25, -0.2) is 4.79 Å². The number of cyclic esters (lactones) is 1. The second-order valence-corrected chi connectivity index (χ2v) is 3.93. The molecular weight excluding hydrogens is 184 g/mol. The first-order chi connectivity index (χ1) is 5.49. The molecule has 1 rings (SSSR count). The summed E-state index contributed by atoms with van der Waals surface area (Å²) in [6.45, 7) is 0.289. The quantitative estimate of drug-likeness (QED) is 0.262. The highest BCUT2D eigenvalue weighted by Gasteiger charge is 2.19. The zero-order valence-corrected chi connectivity index (χ0v) is 7.26. The Morgan fingerprint density at radius 2 is 2.25 bits per heavy atom. The number of rotatable bonds is 2. The van der Waals surface area contributed by atoms with Crippen molar-refractivity contribution in [1.82, 2.24) is 0 Å². The predicted molar refractivity (Wildman–Crippen MR) is 39.6 cm³/mol. The Labute approximate surface area is 70.1 Å². The van der Waals surface area contributed by atoms with Gasteiger partial charge in [0.15, 0.2) is 0 Å². The smallest absolute Gasteiger partial charge is 0.337 e. The van der Waals surface area contributed by atoms with Crippen molar-refractivity contribution < 1.29 is 22.1 Å². The third kappa shape index (κ3) is 2.54. The van der Waals surface area contributed by atoms with E-state index >= 15 is 0 Å². The molecule has 0 atom stereocenters. The van der Waals surface area contributed by atoms with Gasteiger partial charge in [-0.1, -0.05) is 0 Å². The summed E-state index contributed by atoms with van der Waals surface area (Å²) < 4.78 is 29.8. The van der Waals surface area contributed by atoms with Gasteiger partial charge < -0.3 is 8.92 Å². The molecule has 0 N–H and O–H groups in total. The fraction of sp³-hybridized carbons (Fsp3) is 0.500. The van der Waals surface area contributed by atoms with Gasteiger partial charge in [-0.15, -0.1) is 0 Å². The van der Waals surface area contributed by atoms with Crippen molar-refractivity contribution >= 4 is 16.1 Å². The average molecular weight is 192 g/mol. The van der Waals surface area contributed by atoms with Crippen LogP contribution in [0.1, 0.15) is 6.42 Å². The van der Waals surface area contributed by atoms with Crippen LogP contribution in [0.2, 0.25) is 0 Å². The zero-order chi connectivity index (χ0) is 9.19. The number of hydrogen-bond acceptors (Lipinski definition) is 5. The Balaban J connectivity index is 2.64. The highest BCUT2D eigenvalue weighted by molar-refractivity contribution is 7.86. The molecular formula is C6H8O5S. The number of carbonyl (C=O) groups is 1. The van der Waals surface area contributed by atoms with Crippen LogP contribution in [-0.2, 0) is 23.8 Å². The van der Waals surface area contributed by atoms with E-state index in [0.717, 1.165) is 12.5 Å². The third-order valence-corrected chi connectivity index (χ3v) is 1.68. The van der Waals surface area contributed by atoms with E-state index in [1.807, 2.05) is 0 Å². The lowest BCUT2D eigenvalue weighted by atomic mass is 10.3. The van der Waals surface area contributed by atoms with Crippen LogP contribution in [0.25, 0.3) is 0 Å². The van der Waals surface area contributed by atoms with Crippen LogP contribution < -0.4 is 0 Å². The van der Waals surface area contributed by atoms with Gasteiger partial charge in [0, 0.05) is 6.42 Å². The van der Waals surface area contributed by atoms with Gasteiger partial charge in [-0.05, 0) is 0 Å². The van der Waals surface area contributed by atoms with Crippen molar-refractivity contribution in [3.8, 4) is 0 Å². The first-order valence-electron chi connectivity index (χ1n) is 3.23. The van der Waals surface area contributed by atoms with Crippen LogP contribution in [0.4, 0.5) is 0 Å². The molecule has 0 aromatic carbocycles. The van der Waals surface area contributed by atoms with Crippen LogP contribution in [-0.4, -0.2) is 27.2 Å². The molecule has 1 heterocycles. The van der Waals surface area contributed by atoms with E-state index in [1.165, 1.54) is 0 Å². The molecule has 1 aliphatic heterocycles. The van der Waals surface area contributed by atoms with Gasteiger partial charge in [0.25, 0.3) is 0 Å². The Hall–Kier alpha value is -1.04. The van der Waals surface area contributed by atoms with E-state index in [9.17, 15) is 13.2 Å². The van der Waals surface area contributed by atoms with E-state index < -0.39 is 16.1 Å². The summed E-state index contributed by atoms with van der Waals surface area (Å²) in [6.07, 6.45) is 2.23. The summed E-state index contributed by atoms with van der Waals surface area (Å²) in [6, 6.07) is 0. The van der Waals surface area contributed by atoms with Crippen LogP contribution in [0.15, 0.2) is 11.8 Å². The van der Waals surface area contributed by atoms with Gasteiger partial charge in [0.2, 0.25) is 0 Å². The molecule has 0 radical (unpaired) electrons. The molecule has 0 amide bonds. The molecule has 1 aliphatic rings. The molecule has 0 saturated carbocycles. The summed E-state index contributed by atoms with van der Waals surface area (Å²) in [4.78, 5) is 10.7. The largest absolute Gasteiger partial charge is 0.462 e. The lowest BCUT2D eigenvalue weighted by Crippen LogP contribution is -2.00. The summed E-state index contributed by atoms with van der Waals surface area (Å²) in [5.41, 5.74) is 0.250. The number of hydrogen-bond donors (Lipinski definition) is 0. The Morgan fingerprint density at radius 3 is 2.67 bits per heavy atom. The minimum absolute atomic E-state index is 0.250. The molecule has 0 spiro atoms. The van der Waals surface area contributed by atoms with Crippen molar-refractivity contribution in [2.45, 2.75) is 6.42 Å². The van der Waals surface area contributed by atoms with Crippen molar-refractivity contribution in [2.24, 2.45) is 0 Å². The third-order valence-electron chi connectivity index (χ3n) is 1.23. The summed E-state index contributed by atoms with van der Waals surface area (Å²) in [5.74, 6) is -0.515. The maximum Gasteiger partial charge on any atom is 0.337 e. The maximum absolute atomic E-state index is 10.7. The highest BCUT2D eigenvalue weighted by atomic mass is 32.2. The molecule has 0 aromatic heterocycles. The van der Waals surface area contributed by atoms with E-state index in [-0.39, 0.29) is 12.2 Å². The van der Waals surface area contributed by atoms with Gasteiger partial charge in [0.05, 0.1) is 18.4 Å². The molecule has 0 unspecified atom stereocenters. The van der Waals surface area contributed by atoms with Crippen molar-refractivity contribution in [3.05, 3.63) is 11.8 Å². The first kappa shape index (κ1) is 9.05. The molecule has 5 nitrogen and oxygen atoms in total. The normalized spacial score (nSPS) is 21.1. The standard InChI is InChI=1S/C6H8O5S/c1-12(8,9)11-4-5-2-3-10-6(5)7/h4H,2-3H2,1H3/b5-4-. The lowest BCUT2D eigenvalue weighted by molar-refractivity contribution is -0.135. The Bertz CT molecular complexity index is 313. The minimum atomic E-state index is -3.52. The van der Waals surface area contributed by atoms with Crippen LogP contribution in [0.3, 0.4) is 0 Å². The topological polar surface area (TPSA) is 69.7 Å². The van der Waals surface area contributed by atoms with Crippen molar-refractivity contribution in [2.75, 3.05) is 12.9 Å². The summed E-state index contributed by atoms with van der Waals surface area (Å²) >= 11 is 0. The van der Waals surface area contributed by atoms with E-state index in [0.29, 0.717) is 6.42 Å². The van der Waals surface area contributed by atoms with E-state index in [4.69, 9.17) is 0 Å². The molecule has 0 aliphatic carbocycles. The van der Waals surface area contributed by atoms with E-state index in [2.05, 4.69) is 8.92 Å². The highest BCUT2D eigenvalue weighted by Crippen LogP contribution is 2.13. The molecule has 0 bridgehead atoms. The van der Waals surface area contributed by atoms with Crippen molar-refractivity contribution in [3.63, 3.8) is 0 Å². The SMILES string of the molecule is CS(=O)(=O)O/C=C1/CCOC1=O. The van der Waals surface area contributed by atoms with Crippen molar-refractivity contribution in [1.29, 1.82) is 0 Å². The Kier molecular flexibility index (Phi) is 2.37. The predicted octanol–water partition coefficient (Wildman–Crippen LogP) is -0.207. The number of ether oxygens (including phenoxy) is 1. The molecule has 6 heteroatoms. The molecule has 1 saturated heterocycles. The minimum Gasteiger partial charge on any atom is -0.462 e. The van der Waals surface area contributed by atoms with Gasteiger partial charge in [0.1, 0.15) is 6.26 Å². The van der Waals surface area contributed by atoms with E-state index in [1.54, 1.807) is 0 Å². The van der Waals surface area contributed by atoms with Gasteiger partial charge in [-0.2, -0.15) is 8.42 Å². The van der Waals surface area contributed by atoms with Crippen LogP contribution in [0, 0.1) is 0 Å². The molecule has 0 aromatic rings. The molecule has 12 heavy (non-hydrogen) atoms. The summed E-state index contributed by atoms with van der Waals surface area (Å²) in [7, 11) is -3.52. The second kappa shape index (κ2) is 3.14. The first-order valence-corrected chi connectivity index (χ1v) is 5.05. The fourth-order valence-corrected chi connectivity index (χ4v) is 0.992. The van der Waals surface area contributed by atoms with Crippen LogP contribution >= 0.6 is 0 Å². The number of esters is 1. The lowest BCUT2D eigenvalue weighted by Gasteiger charge is -1.94. The second-order valence-electron chi connectivity index (χ2n) is 2.33. The average Bonchev–Trinajstić information content (AvgIpc) is 2.29. The van der Waals surface area contributed by atoms with Gasteiger partial charge in [-0.3, -0.25) is 0 Å². The maximum atomic E-state index is 10.7. The summed E-state index contributed by atoms with van der Waals surface area (Å²) in [5, 5.41) is 0. The fourth-order valence-electron chi connectivity index (χ4n) is 0.701. The molecule has 68 valence electrons. The van der Waals surface area contributed by atoms with Gasteiger partial charge >= 0.3 is 16.1 Å². The molecule has 1 fully saturated rings.